The fourth-order valence-corrected chi connectivity index (χ4v) is 2.84. The summed E-state index contributed by atoms with van der Waals surface area (Å²) in [6.07, 6.45) is 8.77. The largest absolute Gasteiger partial charge is 0.345 e. The second-order valence-corrected chi connectivity index (χ2v) is 5.40. The van der Waals surface area contributed by atoms with E-state index in [0.29, 0.717) is 5.92 Å². The van der Waals surface area contributed by atoms with Gasteiger partial charge in [-0.25, -0.2) is 4.79 Å². The average Bonchev–Trinajstić information content (AvgIpc) is 2.69. The van der Waals surface area contributed by atoms with Crippen LogP contribution >= 0.6 is 0 Å². The maximum absolute atomic E-state index is 11.3. The van der Waals surface area contributed by atoms with Gasteiger partial charge >= 0.3 is 5.97 Å². The zero-order valence-corrected chi connectivity index (χ0v) is 11.3. The minimum atomic E-state index is -0.477. The highest BCUT2D eigenvalue weighted by molar-refractivity contribution is 5.71. The van der Waals surface area contributed by atoms with Crippen molar-refractivity contribution in [1.29, 1.82) is 0 Å². The number of carbonyl (C=O) groups is 1. The Labute approximate surface area is 112 Å². The second kappa shape index (κ2) is 6.65. The van der Waals surface area contributed by atoms with E-state index in [1.54, 1.807) is 4.68 Å². The molecule has 6 nitrogen and oxygen atoms in total. The van der Waals surface area contributed by atoms with Crippen molar-refractivity contribution in [2.45, 2.75) is 44.9 Å². The molecule has 19 heavy (non-hydrogen) atoms. The van der Waals surface area contributed by atoms with E-state index in [9.17, 15) is 4.79 Å². The zero-order chi connectivity index (χ0) is 13.7. The summed E-state index contributed by atoms with van der Waals surface area (Å²) in [7, 11) is 1.87. The lowest BCUT2D eigenvalue weighted by Gasteiger charge is -2.12. The van der Waals surface area contributed by atoms with E-state index < -0.39 is 5.97 Å². The van der Waals surface area contributed by atoms with Gasteiger partial charge < -0.3 is 4.89 Å². The first kappa shape index (κ1) is 14.0. The summed E-state index contributed by atoms with van der Waals surface area (Å²) in [5.74, 6) is 0.0135. The molecule has 0 bridgehead atoms. The normalized spacial score (nSPS) is 23.9. The van der Waals surface area contributed by atoms with E-state index in [1.807, 2.05) is 13.2 Å². The topological polar surface area (TPSA) is 77.2 Å². The fourth-order valence-electron chi connectivity index (χ4n) is 2.84. The van der Waals surface area contributed by atoms with Gasteiger partial charge in [-0.2, -0.15) is 5.26 Å². The van der Waals surface area contributed by atoms with E-state index in [-0.39, 0.29) is 5.92 Å². The Morgan fingerprint density at radius 3 is 3.00 bits per heavy atom. The van der Waals surface area contributed by atoms with Gasteiger partial charge in [0.05, 0.1) is 11.6 Å². The van der Waals surface area contributed by atoms with Crippen LogP contribution in [0.1, 0.15) is 44.2 Å². The standard InChI is InChI=1S/C13H21N3O3/c1-16-9-12(14-15-16)8-6-10-3-2-4-11(7-5-10)13(17)19-18/h9-11,18H,2-8H2,1H3. The highest BCUT2D eigenvalue weighted by Crippen LogP contribution is 2.30. The van der Waals surface area contributed by atoms with Crippen LogP contribution in [0.25, 0.3) is 0 Å². The van der Waals surface area contributed by atoms with Crippen LogP contribution in [0.4, 0.5) is 0 Å². The van der Waals surface area contributed by atoms with Crippen LogP contribution in [0, 0.1) is 11.8 Å². The van der Waals surface area contributed by atoms with Crippen LogP contribution in [-0.2, 0) is 23.2 Å². The van der Waals surface area contributed by atoms with Crippen LogP contribution in [0.15, 0.2) is 6.20 Å². The first-order chi connectivity index (χ1) is 9.19. The van der Waals surface area contributed by atoms with E-state index >= 15 is 0 Å². The van der Waals surface area contributed by atoms with Gasteiger partial charge in [0.25, 0.3) is 0 Å². The van der Waals surface area contributed by atoms with Crippen molar-refractivity contribution in [2.75, 3.05) is 0 Å². The summed E-state index contributed by atoms with van der Waals surface area (Å²) < 4.78 is 1.72. The summed E-state index contributed by atoms with van der Waals surface area (Å²) >= 11 is 0. The van der Waals surface area contributed by atoms with E-state index in [1.165, 1.54) is 0 Å². The predicted octanol–water partition coefficient (Wildman–Crippen LogP) is 1.96. The van der Waals surface area contributed by atoms with Crippen molar-refractivity contribution < 1.29 is 14.9 Å². The Balaban J connectivity index is 1.78. The molecule has 2 rings (SSSR count). The van der Waals surface area contributed by atoms with Crippen LogP contribution in [0.5, 0.6) is 0 Å². The maximum Gasteiger partial charge on any atom is 0.345 e. The molecule has 0 aliphatic heterocycles. The lowest BCUT2D eigenvalue weighted by Crippen LogP contribution is -2.15. The van der Waals surface area contributed by atoms with Gasteiger partial charge in [-0.3, -0.25) is 4.68 Å². The van der Waals surface area contributed by atoms with Gasteiger partial charge in [0.2, 0.25) is 0 Å². The van der Waals surface area contributed by atoms with Crippen molar-refractivity contribution >= 4 is 5.97 Å². The van der Waals surface area contributed by atoms with Crippen molar-refractivity contribution in [3.8, 4) is 0 Å². The summed E-state index contributed by atoms with van der Waals surface area (Å²) in [6, 6.07) is 0. The summed E-state index contributed by atoms with van der Waals surface area (Å²) in [4.78, 5) is 15.2. The molecule has 0 amide bonds. The molecule has 106 valence electrons. The Morgan fingerprint density at radius 2 is 2.32 bits per heavy atom. The monoisotopic (exact) mass is 267 g/mol. The number of hydrogen-bond donors (Lipinski definition) is 1. The second-order valence-electron chi connectivity index (χ2n) is 5.40. The number of rotatable bonds is 4. The van der Waals surface area contributed by atoms with Crippen molar-refractivity contribution in [2.24, 2.45) is 18.9 Å². The Kier molecular flexibility index (Phi) is 4.90. The van der Waals surface area contributed by atoms with Gasteiger partial charge in [-0.15, -0.1) is 5.10 Å². The van der Waals surface area contributed by atoms with Gasteiger partial charge in [0.15, 0.2) is 0 Å². The summed E-state index contributed by atoms with van der Waals surface area (Å²) in [6.45, 7) is 0. The molecule has 2 atom stereocenters. The molecular weight excluding hydrogens is 246 g/mol. The van der Waals surface area contributed by atoms with Crippen molar-refractivity contribution in [1.82, 2.24) is 15.0 Å². The molecule has 1 aliphatic carbocycles. The highest BCUT2D eigenvalue weighted by Gasteiger charge is 2.25. The molecule has 2 unspecified atom stereocenters. The fraction of sp³-hybridized carbons (Fsp3) is 0.769. The summed E-state index contributed by atoms with van der Waals surface area (Å²) in [5.41, 5.74) is 1.03. The van der Waals surface area contributed by atoms with Gasteiger partial charge in [0.1, 0.15) is 0 Å². The maximum atomic E-state index is 11.3. The lowest BCUT2D eigenvalue weighted by atomic mass is 9.93. The molecule has 0 radical (unpaired) electrons. The molecule has 1 heterocycles. The van der Waals surface area contributed by atoms with Crippen molar-refractivity contribution in [3.05, 3.63) is 11.9 Å². The number of hydrogen-bond acceptors (Lipinski definition) is 5. The third-order valence-corrected chi connectivity index (χ3v) is 3.97. The molecule has 1 fully saturated rings. The third kappa shape index (κ3) is 4.02. The Bertz CT molecular complexity index is 419. The molecule has 0 aromatic carbocycles. The van der Waals surface area contributed by atoms with Crippen LogP contribution in [-0.4, -0.2) is 26.2 Å². The first-order valence-electron chi connectivity index (χ1n) is 6.89. The average molecular weight is 267 g/mol. The van der Waals surface area contributed by atoms with E-state index in [4.69, 9.17) is 5.26 Å². The highest BCUT2D eigenvalue weighted by atomic mass is 17.1. The summed E-state index contributed by atoms with van der Waals surface area (Å²) in [5, 5.41) is 16.4. The molecule has 1 N–H and O–H groups in total. The van der Waals surface area contributed by atoms with Gasteiger partial charge in [-0.1, -0.05) is 18.1 Å². The first-order valence-corrected chi connectivity index (χ1v) is 6.89. The quantitative estimate of drug-likeness (QED) is 0.512. The smallest absolute Gasteiger partial charge is 0.301 e. The molecule has 1 aromatic rings. The molecule has 1 aliphatic rings. The molecule has 6 heteroatoms. The van der Waals surface area contributed by atoms with Gasteiger partial charge in [0, 0.05) is 13.2 Å². The Hall–Kier alpha value is -1.43. The van der Waals surface area contributed by atoms with Crippen LogP contribution in [0.3, 0.4) is 0 Å². The SMILES string of the molecule is Cn1cc(CCC2CCCC(C(=O)OO)CC2)nn1. The molecular formula is C13H21N3O3. The molecule has 1 saturated carbocycles. The van der Waals surface area contributed by atoms with Crippen LogP contribution < -0.4 is 0 Å². The lowest BCUT2D eigenvalue weighted by molar-refractivity contribution is -0.239. The van der Waals surface area contributed by atoms with E-state index in [0.717, 1.165) is 50.6 Å². The zero-order valence-electron chi connectivity index (χ0n) is 11.3. The number of nitrogens with zero attached hydrogens (tertiary/aromatic N) is 3. The number of aromatic nitrogens is 3. The van der Waals surface area contributed by atoms with Crippen LogP contribution in [0.2, 0.25) is 0 Å². The minimum absolute atomic E-state index is 0.133. The predicted molar refractivity (Wildman–Crippen MR) is 68.1 cm³/mol. The van der Waals surface area contributed by atoms with Crippen molar-refractivity contribution in [3.63, 3.8) is 0 Å². The number of aryl methyl sites for hydroxylation is 2. The third-order valence-electron chi connectivity index (χ3n) is 3.97. The van der Waals surface area contributed by atoms with Gasteiger partial charge in [-0.05, 0) is 38.0 Å². The Morgan fingerprint density at radius 1 is 1.47 bits per heavy atom. The molecule has 1 aromatic heterocycles. The molecule has 0 saturated heterocycles. The molecule has 0 spiro atoms. The minimum Gasteiger partial charge on any atom is -0.301 e. The van der Waals surface area contributed by atoms with E-state index in [2.05, 4.69) is 15.2 Å². The number of carbonyl (C=O) groups excluding carboxylic acids is 1.